The fourth-order valence-corrected chi connectivity index (χ4v) is 1.91. The van der Waals surface area contributed by atoms with E-state index in [9.17, 15) is 4.79 Å². The van der Waals surface area contributed by atoms with Gasteiger partial charge in [-0.25, -0.2) is 4.98 Å². The highest BCUT2D eigenvalue weighted by Crippen LogP contribution is 2.14. The topological polar surface area (TPSA) is 45.8 Å². The lowest BCUT2D eigenvalue weighted by Gasteiger charge is -1.99. The maximum Gasteiger partial charge on any atom is 0.206 e. The van der Waals surface area contributed by atoms with Crippen molar-refractivity contribution in [3.63, 3.8) is 0 Å². The van der Waals surface area contributed by atoms with Crippen molar-refractivity contribution in [2.75, 3.05) is 0 Å². The Hall–Kier alpha value is -1.64. The van der Waals surface area contributed by atoms with E-state index in [1.165, 1.54) is 0 Å². The van der Waals surface area contributed by atoms with Crippen LogP contribution in [0.1, 0.15) is 44.5 Å². The van der Waals surface area contributed by atoms with Crippen LogP contribution in [0, 0.1) is 0 Å². The van der Waals surface area contributed by atoms with Gasteiger partial charge in [-0.15, -0.1) is 0 Å². The summed E-state index contributed by atoms with van der Waals surface area (Å²) >= 11 is 0. The van der Waals surface area contributed by atoms with Gasteiger partial charge in [-0.2, -0.15) is 0 Å². The Balaban J connectivity index is 2.62. The zero-order chi connectivity index (χ0) is 12.4. The van der Waals surface area contributed by atoms with Crippen LogP contribution in [0.25, 0.3) is 11.0 Å². The number of nitrogens with one attached hydrogen (secondary N) is 1. The van der Waals surface area contributed by atoms with E-state index in [0.29, 0.717) is 11.4 Å². The Labute approximate surface area is 101 Å². The molecule has 0 saturated heterocycles. The third-order valence-corrected chi connectivity index (χ3v) is 2.91. The first-order chi connectivity index (χ1) is 8.11. The van der Waals surface area contributed by atoms with Crippen molar-refractivity contribution in [3.8, 4) is 0 Å². The molecule has 1 N–H and O–H groups in total. The highest BCUT2D eigenvalue weighted by Gasteiger charge is 2.06. The number of imidazole rings is 1. The Morgan fingerprint density at radius 1 is 1.35 bits per heavy atom. The molecule has 17 heavy (non-hydrogen) atoms. The van der Waals surface area contributed by atoms with Gasteiger partial charge in [0.25, 0.3) is 0 Å². The fraction of sp³-hybridized carbons (Fsp3) is 0.429. The van der Waals surface area contributed by atoms with Gasteiger partial charge in [-0.1, -0.05) is 26.8 Å². The molecule has 0 aliphatic carbocycles. The van der Waals surface area contributed by atoms with Crippen molar-refractivity contribution >= 4 is 11.0 Å². The molecule has 1 aromatic heterocycles. The zero-order valence-corrected chi connectivity index (χ0v) is 10.6. The number of aryl methyl sites for hydroxylation is 1. The number of aromatic amines is 1. The second-order valence-electron chi connectivity index (χ2n) is 4.69. The highest BCUT2D eigenvalue weighted by molar-refractivity contribution is 5.74. The van der Waals surface area contributed by atoms with E-state index in [1.807, 2.05) is 12.1 Å². The SMILES string of the molecule is CCCc1nc2c(=O)cc(C(C)C)ccc2[nH]1. The summed E-state index contributed by atoms with van der Waals surface area (Å²) in [4.78, 5) is 19.6. The summed E-state index contributed by atoms with van der Waals surface area (Å²) in [6.45, 7) is 6.26. The minimum Gasteiger partial charge on any atom is -0.342 e. The van der Waals surface area contributed by atoms with Crippen LogP contribution in [-0.2, 0) is 6.42 Å². The molecule has 90 valence electrons. The summed E-state index contributed by atoms with van der Waals surface area (Å²) < 4.78 is 0. The van der Waals surface area contributed by atoms with Crippen molar-refractivity contribution in [1.82, 2.24) is 9.97 Å². The minimum atomic E-state index is 0.00676. The predicted octanol–water partition coefficient (Wildman–Crippen LogP) is 3.00. The lowest BCUT2D eigenvalue weighted by molar-refractivity contribution is 0.859. The smallest absolute Gasteiger partial charge is 0.206 e. The molecule has 2 rings (SSSR count). The number of rotatable bonds is 3. The van der Waals surface area contributed by atoms with E-state index in [2.05, 4.69) is 30.7 Å². The maximum atomic E-state index is 12.0. The Morgan fingerprint density at radius 2 is 2.12 bits per heavy atom. The van der Waals surface area contributed by atoms with Gasteiger partial charge in [0, 0.05) is 6.42 Å². The van der Waals surface area contributed by atoms with Crippen LogP contribution in [-0.4, -0.2) is 9.97 Å². The summed E-state index contributed by atoms with van der Waals surface area (Å²) in [6, 6.07) is 5.66. The maximum absolute atomic E-state index is 12.0. The number of nitrogens with zero attached hydrogens (tertiary/aromatic N) is 1. The standard InChI is InChI=1S/C14H18N2O/c1-4-5-13-15-11-7-6-10(9(2)3)8-12(17)14(11)16-13/h6-9H,4-5H2,1-3H3,(H,15,16). The van der Waals surface area contributed by atoms with Gasteiger partial charge in [0.2, 0.25) is 5.43 Å². The highest BCUT2D eigenvalue weighted by atomic mass is 16.1. The van der Waals surface area contributed by atoms with Crippen LogP contribution in [0.2, 0.25) is 0 Å². The van der Waals surface area contributed by atoms with Crippen LogP contribution in [0.5, 0.6) is 0 Å². The molecule has 2 aromatic rings. The van der Waals surface area contributed by atoms with Crippen molar-refractivity contribution in [2.24, 2.45) is 0 Å². The predicted molar refractivity (Wildman–Crippen MR) is 70.4 cm³/mol. The Bertz CT molecular complexity index is 584. The lowest BCUT2D eigenvalue weighted by atomic mass is 10.1. The lowest BCUT2D eigenvalue weighted by Crippen LogP contribution is -1.98. The van der Waals surface area contributed by atoms with Crippen LogP contribution in [0.4, 0.5) is 0 Å². The molecular formula is C14H18N2O. The van der Waals surface area contributed by atoms with Crippen LogP contribution >= 0.6 is 0 Å². The van der Waals surface area contributed by atoms with Gasteiger partial charge in [-0.05, 0) is 30.0 Å². The number of aromatic nitrogens is 2. The second-order valence-corrected chi connectivity index (χ2v) is 4.69. The van der Waals surface area contributed by atoms with E-state index >= 15 is 0 Å². The molecule has 3 heteroatoms. The summed E-state index contributed by atoms with van der Waals surface area (Å²) in [7, 11) is 0. The molecule has 0 saturated carbocycles. The number of hydrogen-bond donors (Lipinski definition) is 1. The summed E-state index contributed by atoms with van der Waals surface area (Å²) in [6.07, 6.45) is 1.91. The van der Waals surface area contributed by atoms with Gasteiger partial charge >= 0.3 is 0 Å². The van der Waals surface area contributed by atoms with E-state index in [0.717, 1.165) is 29.7 Å². The third-order valence-electron chi connectivity index (χ3n) is 2.91. The molecule has 0 aliphatic heterocycles. The molecule has 0 spiro atoms. The summed E-state index contributed by atoms with van der Waals surface area (Å²) in [5.74, 6) is 1.26. The van der Waals surface area contributed by atoms with E-state index in [-0.39, 0.29) is 5.43 Å². The van der Waals surface area contributed by atoms with Crippen LogP contribution in [0.15, 0.2) is 23.0 Å². The van der Waals surface area contributed by atoms with Gasteiger partial charge in [0.1, 0.15) is 11.3 Å². The number of fused-ring (bicyclic) bond motifs is 1. The Morgan fingerprint density at radius 3 is 2.76 bits per heavy atom. The molecule has 0 radical (unpaired) electrons. The van der Waals surface area contributed by atoms with Crippen LogP contribution < -0.4 is 5.43 Å². The molecule has 1 aromatic carbocycles. The average Bonchev–Trinajstić information content (AvgIpc) is 2.61. The first-order valence-electron chi connectivity index (χ1n) is 6.14. The first kappa shape index (κ1) is 11.8. The Kier molecular flexibility index (Phi) is 3.27. The van der Waals surface area contributed by atoms with Crippen molar-refractivity contribution < 1.29 is 0 Å². The third kappa shape index (κ3) is 2.38. The molecule has 0 unspecified atom stereocenters. The second kappa shape index (κ2) is 4.70. The van der Waals surface area contributed by atoms with E-state index < -0.39 is 0 Å². The van der Waals surface area contributed by atoms with Crippen molar-refractivity contribution in [2.45, 2.75) is 39.5 Å². The number of H-pyrrole nitrogens is 1. The fourth-order valence-electron chi connectivity index (χ4n) is 1.91. The van der Waals surface area contributed by atoms with E-state index in [4.69, 9.17) is 0 Å². The molecule has 1 heterocycles. The molecule has 0 bridgehead atoms. The average molecular weight is 230 g/mol. The van der Waals surface area contributed by atoms with Gasteiger partial charge in [0.15, 0.2) is 0 Å². The zero-order valence-electron chi connectivity index (χ0n) is 10.6. The van der Waals surface area contributed by atoms with Gasteiger partial charge < -0.3 is 4.98 Å². The normalized spacial score (nSPS) is 11.3. The van der Waals surface area contributed by atoms with Crippen molar-refractivity contribution in [3.05, 3.63) is 39.8 Å². The molecule has 0 fully saturated rings. The minimum absolute atomic E-state index is 0.00676. The molecule has 0 amide bonds. The molecule has 0 atom stereocenters. The van der Waals surface area contributed by atoms with Crippen LogP contribution in [0.3, 0.4) is 0 Å². The van der Waals surface area contributed by atoms with E-state index in [1.54, 1.807) is 6.07 Å². The molecular weight excluding hydrogens is 212 g/mol. The van der Waals surface area contributed by atoms with Crippen molar-refractivity contribution in [1.29, 1.82) is 0 Å². The summed E-state index contributed by atoms with van der Waals surface area (Å²) in [5, 5.41) is 0. The summed E-state index contributed by atoms with van der Waals surface area (Å²) in [5.41, 5.74) is 2.46. The van der Waals surface area contributed by atoms with Gasteiger partial charge in [-0.3, -0.25) is 4.79 Å². The largest absolute Gasteiger partial charge is 0.342 e. The quantitative estimate of drug-likeness (QED) is 0.881. The number of hydrogen-bond acceptors (Lipinski definition) is 2. The van der Waals surface area contributed by atoms with Gasteiger partial charge in [0.05, 0.1) is 5.52 Å². The monoisotopic (exact) mass is 230 g/mol. The molecule has 3 nitrogen and oxygen atoms in total. The first-order valence-corrected chi connectivity index (χ1v) is 6.14. The molecule has 0 aliphatic rings.